The standard InChI is InChI=1S/C15H29BrN2O3/c1-13(2,3)20-9-10(11(17)21-14(4,5)6)18-12(19)15(7,8)16/h10,17H,9H2,1-8H3,(H,18,19). The smallest absolute Gasteiger partial charge is 0.237 e. The average Bonchev–Trinajstić information content (AvgIpc) is 2.18. The first-order chi connectivity index (χ1) is 9.12. The van der Waals surface area contributed by atoms with Crippen molar-refractivity contribution in [3.05, 3.63) is 0 Å². The summed E-state index contributed by atoms with van der Waals surface area (Å²) in [5, 5.41) is 10.9. The summed E-state index contributed by atoms with van der Waals surface area (Å²) >= 11 is 3.31. The van der Waals surface area contributed by atoms with Gasteiger partial charge in [-0.2, -0.15) is 0 Å². The summed E-state index contributed by atoms with van der Waals surface area (Å²) < 4.78 is 10.5. The van der Waals surface area contributed by atoms with E-state index in [1.54, 1.807) is 13.8 Å². The van der Waals surface area contributed by atoms with Gasteiger partial charge >= 0.3 is 0 Å². The lowest BCUT2D eigenvalue weighted by Crippen LogP contribution is -2.51. The number of hydrogen-bond donors (Lipinski definition) is 2. The van der Waals surface area contributed by atoms with Crippen LogP contribution in [0.5, 0.6) is 0 Å². The number of halogens is 1. The SMILES string of the molecule is CC(C)(C)OCC(NC(=O)C(C)(C)Br)C(=N)OC(C)(C)C. The predicted octanol–water partition coefficient (Wildman–Crippen LogP) is 3.25. The minimum absolute atomic E-state index is 0.00292. The Morgan fingerprint density at radius 2 is 1.57 bits per heavy atom. The molecular formula is C15H29BrN2O3. The van der Waals surface area contributed by atoms with Crippen LogP contribution in [0.2, 0.25) is 0 Å². The van der Waals surface area contributed by atoms with E-state index in [0.717, 1.165) is 0 Å². The second-order valence-electron chi connectivity index (χ2n) is 7.50. The van der Waals surface area contributed by atoms with E-state index < -0.39 is 16.0 Å². The predicted molar refractivity (Wildman–Crippen MR) is 89.2 cm³/mol. The van der Waals surface area contributed by atoms with Crippen LogP contribution in [0.25, 0.3) is 0 Å². The van der Waals surface area contributed by atoms with Crippen LogP contribution in [0.3, 0.4) is 0 Å². The van der Waals surface area contributed by atoms with Crippen LogP contribution in [0.1, 0.15) is 55.4 Å². The lowest BCUT2D eigenvalue weighted by Gasteiger charge is -2.30. The summed E-state index contributed by atoms with van der Waals surface area (Å²) in [6.45, 7) is 15.0. The number of carbonyl (C=O) groups excluding carboxylic acids is 1. The summed E-state index contributed by atoms with van der Waals surface area (Å²) in [6, 6.07) is -0.618. The highest BCUT2D eigenvalue weighted by molar-refractivity contribution is 9.10. The molecule has 1 amide bonds. The van der Waals surface area contributed by atoms with Gasteiger partial charge in [-0.05, 0) is 55.4 Å². The molecule has 2 N–H and O–H groups in total. The Bertz CT molecular complexity index is 376. The molecule has 1 unspecified atom stereocenters. The Kier molecular flexibility index (Phi) is 6.88. The Balaban J connectivity index is 4.93. The topological polar surface area (TPSA) is 71.4 Å². The molecule has 0 aliphatic carbocycles. The Labute approximate surface area is 136 Å². The number of ether oxygens (including phenoxy) is 2. The molecule has 0 aliphatic heterocycles. The van der Waals surface area contributed by atoms with Crippen LogP contribution in [0, 0.1) is 5.41 Å². The number of rotatable bonds is 5. The van der Waals surface area contributed by atoms with Crippen LogP contribution in [0.4, 0.5) is 0 Å². The van der Waals surface area contributed by atoms with E-state index in [9.17, 15) is 4.79 Å². The second kappa shape index (κ2) is 7.09. The molecule has 1 atom stereocenters. The van der Waals surface area contributed by atoms with Crippen LogP contribution in [-0.4, -0.2) is 40.0 Å². The van der Waals surface area contributed by atoms with E-state index in [1.165, 1.54) is 0 Å². The van der Waals surface area contributed by atoms with E-state index in [-0.39, 0.29) is 24.0 Å². The van der Waals surface area contributed by atoms with Gasteiger partial charge in [0.2, 0.25) is 11.8 Å². The van der Waals surface area contributed by atoms with Gasteiger partial charge in [-0.15, -0.1) is 0 Å². The van der Waals surface area contributed by atoms with Gasteiger partial charge in [-0.25, -0.2) is 0 Å². The molecule has 5 nitrogen and oxygen atoms in total. The molecule has 0 aromatic heterocycles. The van der Waals surface area contributed by atoms with Crippen molar-refractivity contribution in [3.63, 3.8) is 0 Å². The zero-order chi connectivity index (χ0) is 17.1. The van der Waals surface area contributed by atoms with Crippen molar-refractivity contribution in [1.29, 1.82) is 5.41 Å². The van der Waals surface area contributed by atoms with Crippen LogP contribution < -0.4 is 5.32 Å². The van der Waals surface area contributed by atoms with E-state index in [4.69, 9.17) is 14.9 Å². The third-order valence-electron chi connectivity index (χ3n) is 2.26. The minimum Gasteiger partial charge on any atom is -0.474 e. The number of hydrogen-bond acceptors (Lipinski definition) is 4. The van der Waals surface area contributed by atoms with Crippen molar-refractivity contribution in [2.75, 3.05) is 6.61 Å². The van der Waals surface area contributed by atoms with E-state index >= 15 is 0 Å². The molecule has 0 rings (SSSR count). The van der Waals surface area contributed by atoms with Crippen molar-refractivity contribution in [2.24, 2.45) is 0 Å². The molecular weight excluding hydrogens is 336 g/mol. The largest absolute Gasteiger partial charge is 0.474 e. The Morgan fingerprint density at radius 3 is 1.90 bits per heavy atom. The molecule has 0 aromatic carbocycles. The first-order valence-electron chi connectivity index (χ1n) is 7.03. The number of nitrogens with one attached hydrogen (secondary N) is 2. The molecule has 0 saturated carbocycles. The maximum Gasteiger partial charge on any atom is 0.237 e. The summed E-state index contributed by atoms with van der Waals surface area (Å²) in [5.74, 6) is -0.218. The lowest BCUT2D eigenvalue weighted by molar-refractivity contribution is -0.123. The van der Waals surface area contributed by atoms with Gasteiger partial charge in [0.05, 0.1) is 16.5 Å². The Hall–Kier alpha value is -0.620. The monoisotopic (exact) mass is 364 g/mol. The van der Waals surface area contributed by atoms with E-state index in [0.29, 0.717) is 0 Å². The first-order valence-corrected chi connectivity index (χ1v) is 7.82. The maximum atomic E-state index is 12.1. The van der Waals surface area contributed by atoms with Crippen LogP contribution >= 0.6 is 15.9 Å². The molecule has 0 heterocycles. The highest BCUT2D eigenvalue weighted by Gasteiger charge is 2.30. The van der Waals surface area contributed by atoms with E-state index in [2.05, 4.69) is 21.2 Å². The van der Waals surface area contributed by atoms with Crippen LogP contribution in [-0.2, 0) is 14.3 Å². The maximum absolute atomic E-state index is 12.1. The zero-order valence-electron chi connectivity index (χ0n) is 14.4. The van der Waals surface area contributed by atoms with Crippen molar-refractivity contribution in [3.8, 4) is 0 Å². The lowest BCUT2D eigenvalue weighted by atomic mass is 10.1. The molecule has 6 heteroatoms. The first kappa shape index (κ1) is 20.4. The highest BCUT2D eigenvalue weighted by Crippen LogP contribution is 2.17. The molecule has 21 heavy (non-hydrogen) atoms. The summed E-state index contributed by atoms with van der Waals surface area (Å²) in [7, 11) is 0. The Morgan fingerprint density at radius 1 is 1.10 bits per heavy atom. The molecule has 0 spiro atoms. The van der Waals surface area contributed by atoms with Gasteiger partial charge in [0.1, 0.15) is 11.6 Å². The minimum atomic E-state index is -0.713. The number of carbonyl (C=O) groups is 1. The van der Waals surface area contributed by atoms with Gasteiger partial charge in [0, 0.05) is 0 Å². The molecule has 0 saturated heterocycles. The molecule has 124 valence electrons. The fraction of sp³-hybridized carbons (Fsp3) is 0.867. The van der Waals surface area contributed by atoms with E-state index in [1.807, 2.05) is 41.5 Å². The fourth-order valence-corrected chi connectivity index (χ4v) is 1.36. The average molecular weight is 365 g/mol. The van der Waals surface area contributed by atoms with Gasteiger partial charge in [0.25, 0.3) is 0 Å². The highest BCUT2D eigenvalue weighted by atomic mass is 79.9. The quantitative estimate of drug-likeness (QED) is 0.446. The van der Waals surface area contributed by atoms with Crippen molar-refractivity contribution >= 4 is 27.7 Å². The van der Waals surface area contributed by atoms with Crippen molar-refractivity contribution in [2.45, 2.75) is 77.0 Å². The molecule has 0 fully saturated rings. The molecule has 0 bridgehead atoms. The van der Waals surface area contributed by atoms with Crippen molar-refractivity contribution < 1.29 is 14.3 Å². The van der Waals surface area contributed by atoms with Gasteiger partial charge in [-0.3, -0.25) is 10.2 Å². The zero-order valence-corrected chi connectivity index (χ0v) is 16.0. The summed E-state index contributed by atoms with van der Waals surface area (Å²) in [6.07, 6.45) is 0. The van der Waals surface area contributed by atoms with Crippen molar-refractivity contribution in [1.82, 2.24) is 5.32 Å². The number of alkyl halides is 1. The van der Waals surface area contributed by atoms with Gasteiger partial charge in [-0.1, -0.05) is 15.9 Å². The molecule has 0 aliphatic rings. The third-order valence-corrected chi connectivity index (χ3v) is 2.62. The fourth-order valence-electron chi connectivity index (χ4n) is 1.25. The van der Waals surface area contributed by atoms with Crippen LogP contribution in [0.15, 0.2) is 0 Å². The van der Waals surface area contributed by atoms with Gasteiger partial charge < -0.3 is 14.8 Å². The number of amides is 1. The normalized spacial score (nSPS) is 14.5. The summed E-state index contributed by atoms with van der Waals surface area (Å²) in [5.41, 5.74) is -0.847. The summed E-state index contributed by atoms with van der Waals surface area (Å²) in [4.78, 5) is 12.1. The molecule has 0 radical (unpaired) electrons. The van der Waals surface area contributed by atoms with Gasteiger partial charge in [0.15, 0.2) is 0 Å². The molecule has 0 aromatic rings. The second-order valence-corrected chi connectivity index (χ2v) is 9.48. The third kappa shape index (κ3) is 9.85.